The van der Waals surface area contributed by atoms with E-state index in [-0.39, 0.29) is 12.5 Å². The Hall–Kier alpha value is -4.32. The number of esters is 1. The first-order chi connectivity index (χ1) is 16.6. The third-order valence-corrected chi connectivity index (χ3v) is 4.94. The molecule has 6 nitrogen and oxygen atoms in total. The van der Waals surface area contributed by atoms with Crippen molar-refractivity contribution in [3.8, 4) is 11.5 Å². The van der Waals surface area contributed by atoms with Crippen molar-refractivity contribution < 1.29 is 23.8 Å². The summed E-state index contributed by atoms with van der Waals surface area (Å²) in [4.78, 5) is 25.0. The molecule has 6 heteroatoms. The van der Waals surface area contributed by atoms with Crippen LogP contribution in [0.1, 0.15) is 22.8 Å². The first kappa shape index (κ1) is 24.3. The van der Waals surface area contributed by atoms with E-state index < -0.39 is 12.1 Å². The quantitative estimate of drug-likeness (QED) is 0.349. The topological polar surface area (TPSA) is 73.9 Å². The van der Waals surface area contributed by atoms with Gasteiger partial charge in [0.05, 0.1) is 20.8 Å². The average molecular weight is 458 g/mol. The van der Waals surface area contributed by atoms with Crippen molar-refractivity contribution in [1.29, 1.82) is 0 Å². The fraction of sp³-hybridized carbons (Fsp3) is 0.143. The lowest BCUT2D eigenvalue weighted by Gasteiger charge is -2.21. The van der Waals surface area contributed by atoms with E-state index in [1.54, 1.807) is 30.4 Å². The van der Waals surface area contributed by atoms with Gasteiger partial charge >= 0.3 is 5.97 Å². The highest BCUT2D eigenvalue weighted by molar-refractivity contribution is 5.91. The lowest BCUT2D eigenvalue weighted by atomic mass is 10.1. The Morgan fingerprint density at radius 2 is 1.41 bits per heavy atom. The van der Waals surface area contributed by atoms with Crippen LogP contribution in [0.3, 0.4) is 0 Å². The van der Waals surface area contributed by atoms with Crippen LogP contribution in [-0.2, 0) is 14.3 Å². The van der Waals surface area contributed by atoms with Gasteiger partial charge in [0, 0.05) is 17.7 Å². The third-order valence-electron chi connectivity index (χ3n) is 4.94. The van der Waals surface area contributed by atoms with E-state index in [4.69, 9.17) is 14.2 Å². The van der Waals surface area contributed by atoms with Gasteiger partial charge in [0.1, 0.15) is 6.10 Å². The van der Waals surface area contributed by atoms with Gasteiger partial charge in [0.2, 0.25) is 5.91 Å². The van der Waals surface area contributed by atoms with Gasteiger partial charge in [0.15, 0.2) is 11.5 Å². The lowest BCUT2D eigenvalue weighted by molar-refractivity contribution is -0.143. The van der Waals surface area contributed by atoms with E-state index in [0.717, 1.165) is 11.1 Å². The molecule has 0 spiro atoms. The number of rotatable bonds is 10. The molecule has 0 radical (unpaired) electrons. The van der Waals surface area contributed by atoms with Crippen molar-refractivity contribution in [2.75, 3.05) is 20.8 Å². The Morgan fingerprint density at radius 3 is 2.00 bits per heavy atom. The van der Waals surface area contributed by atoms with Crippen LogP contribution in [-0.4, -0.2) is 32.6 Å². The van der Waals surface area contributed by atoms with Gasteiger partial charge in [-0.1, -0.05) is 72.8 Å². The van der Waals surface area contributed by atoms with Crippen LogP contribution in [0.15, 0.2) is 91.0 Å². The summed E-state index contributed by atoms with van der Waals surface area (Å²) in [7, 11) is 3.04. The number of hydrogen-bond acceptors (Lipinski definition) is 5. The third kappa shape index (κ3) is 7.10. The summed E-state index contributed by atoms with van der Waals surface area (Å²) in [5.41, 5.74) is 2.35. The Kier molecular flexibility index (Phi) is 9.05. The predicted octanol–water partition coefficient (Wildman–Crippen LogP) is 4.83. The molecule has 0 saturated heterocycles. The molecule has 0 aromatic heterocycles. The number of carbonyl (C=O) groups is 2. The smallest absolute Gasteiger partial charge is 0.331 e. The second-order valence-electron chi connectivity index (χ2n) is 7.24. The molecule has 0 aliphatic carbocycles. The molecular weight excluding hydrogens is 430 g/mol. The van der Waals surface area contributed by atoms with Crippen molar-refractivity contribution >= 4 is 24.0 Å². The lowest BCUT2D eigenvalue weighted by Crippen LogP contribution is -2.29. The summed E-state index contributed by atoms with van der Waals surface area (Å²) < 4.78 is 16.6. The minimum absolute atomic E-state index is 0.0480. The second-order valence-corrected chi connectivity index (χ2v) is 7.24. The molecule has 0 fully saturated rings. The van der Waals surface area contributed by atoms with Crippen LogP contribution in [0.25, 0.3) is 12.2 Å². The van der Waals surface area contributed by atoms with Crippen LogP contribution in [0.5, 0.6) is 11.5 Å². The van der Waals surface area contributed by atoms with E-state index in [1.807, 2.05) is 60.7 Å². The van der Waals surface area contributed by atoms with Gasteiger partial charge < -0.3 is 19.5 Å². The standard InChI is InChI=1S/C28H27NO5/c1-32-24-15-9-14-23(28(24)33-2)25(34-27(31)19-17-22-12-7-4-8-13-22)20-29-26(30)18-16-21-10-5-3-6-11-21/h3-19,25H,20H2,1-2H3,(H,29,30)/t25-/m0/s1. The van der Waals surface area contributed by atoms with E-state index >= 15 is 0 Å². The largest absolute Gasteiger partial charge is 0.493 e. The maximum atomic E-state index is 12.6. The molecule has 0 aliphatic rings. The number of ether oxygens (including phenoxy) is 3. The minimum Gasteiger partial charge on any atom is -0.493 e. The number of para-hydroxylation sites is 1. The number of hydrogen-bond donors (Lipinski definition) is 1. The molecule has 1 N–H and O–H groups in total. The zero-order chi connectivity index (χ0) is 24.2. The molecule has 0 saturated carbocycles. The fourth-order valence-corrected chi connectivity index (χ4v) is 3.28. The zero-order valence-corrected chi connectivity index (χ0v) is 19.1. The highest BCUT2D eigenvalue weighted by Gasteiger charge is 2.23. The molecule has 0 heterocycles. The number of nitrogens with one attached hydrogen (secondary N) is 1. The van der Waals surface area contributed by atoms with Gasteiger partial charge in [-0.2, -0.15) is 0 Å². The van der Waals surface area contributed by atoms with E-state index in [2.05, 4.69) is 5.32 Å². The van der Waals surface area contributed by atoms with Gasteiger partial charge in [-0.05, 0) is 29.3 Å². The van der Waals surface area contributed by atoms with Gasteiger partial charge in [-0.3, -0.25) is 4.79 Å². The Bertz CT molecular complexity index is 1140. The highest BCUT2D eigenvalue weighted by atomic mass is 16.5. The number of benzene rings is 3. The first-order valence-electron chi connectivity index (χ1n) is 10.8. The van der Waals surface area contributed by atoms with Crippen molar-refractivity contribution in [3.63, 3.8) is 0 Å². The second kappa shape index (κ2) is 12.6. The maximum absolute atomic E-state index is 12.6. The summed E-state index contributed by atoms with van der Waals surface area (Å²) in [5, 5.41) is 2.80. The Balaban J connectivity index is 1.76. The van der Waals surface area contributed by atoms with Crippen LogP contribution in [0, 0.1) is 0 Å². The van der Waals surface area contributed by atoms with E-state index in [0.29, 0.717) is 17.1 Å². The molecule has 0 aliphatic heterocycles. The summed E-state index contributed by atoms with van der Waals surface area (Å²) in [6.07, 6.45) is 5.37. The molecule has 3 aromatic rings. The van der Waals surface area contributed by atoms with Gasteiger partial charge in [-0.15, -0.1) is 0 Å². The number of carbonyl (C=O) groups excluding carboxylic acids is 2. The van der Waals surface area contributed by atoms with E-state index in [1.165, 1.54) is 26.4 Å². The van der Waals surface area contributed by atoms with Crippen molar-refractivity contribution in [3.05, 3.63) is 108 Å². The molecule has 0 unspecified atom stereocenters. The fourth-order valence-electron chi connectivity index (χ4n) is 3.28. The summed E-state index contributed by atoms with van der Waals surface area (Å²) in [6, 6.07) is 24.2. The molecule has 34 heavy (non-hydrogen) atoms. The molecule has 1 atom stereocenters. The predicted molar refractivity (Wildman–Crippen MR) is 132 cm³/mol. The summed E-state index contributed by atoms with van der Waals surface area (Å²) in [5.74, 6) is 0.0690. The van der Waals surface area contributed by atoms with Crippen molar-refractivity contribution in [1.82, 2.24) is 5.32 Å². The molecule has 0 bridgehead atoms. The van der Waals surface area contributed by atoms with Gasteiger partial charge in [0.25, 0.3) is 0 Å². The number of methoxy groups -OCH3 is 2. The zero-order valence-electron chi connectivity index (χ0n) is 19.1. The average Bonchev–Trinajstić information content (AvgIpc) is 2.89. The van der Waals surface area contributed by atoms with Crippen molar-refractivity contribution in [2.24, 2.45) is 0 Å². The maximum Gasteiger partial charge on any atom is 0.331 e. The minimum atomic E-state index is -0.799. The molecule has 3 aromatic carbocycles. The summed E-state index contributed by atoms with van der Waals surface area (Å²) in [6.45, 7) is 0.0480. The van der Waals surface area contributed by atoms with Crippen LogP contribution >= 0.6 is 0 Å². The molecule has 174 valence electrons. The Labute approximate surface area is 199 Å². The first-order valence-corrected chi connectivity index (χ1v) is 10.8. The van der Waals surface area contributed by atoms with Crippen LogP contribution in [0.4, 0.5) is 0 Å². The van der Waals surface area contributed by atoms with E-state index in [9.17, 15) is 9.59 Å². The van der Waals surface area contributed by atoms with Crippen LogP contribution in [0.2, 0.25) is 0 Å². The van der Waals surface area contributed by atoms with Crippen molar-refractivity contribution in [2.45, 2.75) is 6.10 Å². The Morgan fingerprint density at radius 1 is 0.794 bits per heavy atom. The molecule has 3 rings (SSSR count). The summed E-state index contributed by atoms with van der Waals surface area (Å²) >= 11 is 0. The molecular formula is C28H27NO5. The van der Waals surface area contributed by atoms with Gasteiger partial charge in [-0.25, -0.2) is 4.79 Å². The SMILES string of the molecule is COc1cccc([C@H](CNC(=O)C=Cc2ccccc2)OC(=O)C=Cc2ccccc2)c1OC. The molecule has 1 amide bonds. The van der Waals surface area contributed by atoms with Crippen LogP contribution < -0.4 is 14.8 Å². The normalized spacial score (nSPS) is 11.8. The highest BCUT2D eigenvalue weighted by Crippen LogP contribution is 2.36. The number of amides is 1. The monoisotopic (exact) mass is 457 g/mol.